The number of nitrogens with zero attached hydrogens (tertiary/aromatic N) is 3. The first kappa shape index (κ1) is 18.8. The van der Waals surface area contributed by atoms with E-state index in [0.29, 0.717) is 12.5 Å². The Morgan fingerprint density at radius 3 is 2.35 bits per heavy atom. The molecule has 0 atom stereocenters. The number of halogens is 1. The minimum Gasteiger partial charge on any atom is -0.378 e. The molecule has 2 heterocycles. The lowest BCUT2D eigenvalue weighted by molar-refractivity contribution is 0.181. The molecule has 0 amide bonds. The molecule has 0 radical (unpaired) electrons. The number of hydrogen-bond acceptors (Lipinski definition) is 4. The van der Waals surface area contributed by atoms with Gasteiger partial charge in [-0.3, -0.25) is 0 Å². The minimum atomic E-state index is -0.174. The Labute approximate surface area is 155 Å². The maximum atomic E-state index is 13.1. The van der Waals surface area contributed by atoms with Gasteiger partial charge in [0.2, 0.25) is 0 Å². The minimum absolute atomic E-state index is 0.106. The normalized spacial score (nSPS) is 16.1. The third-order valence-electron chi connectivity index (χ3n) is 4.89. The van der Waals surface area contributed by atoms with Crippen LogP contribution >= 0.6 is 0 Å². The van der Waals surface area contributed by atoms with Crippen LogP contribution in [0.1, 0.15) is 56.6 Å². The number of aromatic nitrogens is 2. The van der Waals surface area contributed by atoms with Gasteiger partial charge >= 0.3 is 0 Å². The summed E-state index contributed by atoms with van der Waals surface area (Å²) in [5.74, 6) is 2.14. The first-order valence-electron chi connectivity index (χ1n) is 9.24. The smallest absolute Gasteiger partial charge is 0.136 e. The van der Waals surface area contributed by atoms with Crippen LogP contribution in [0.5, 0.6) is 0 Å². The number of benzene rings is 1. The van der Waals surface area contributed by atoms with E-state index in [1.807, 2.05) is 18.2 Å². The Kier molecular flexibility index (Phi) is 5.56. The summed E-state index contributed by atoms with van der Waals surface area (Å²) in [6.45, 7) is 8.76. The topological polar surface area (TPSA) is 38.2 Å². The fourth-order valence-electron chi connectivity index (χ4n) is 3.38. The van der Waals surface area contributed by atoms with E-state index in [1.54, 1.807) is 19.2 Å². The van der Waals surface area contributed by atoms with E-state index in [-0.39, 0.29) is 11.2 Å². The van der Waals surface area contributed by atoms with Gasteiger partial charge in [0.1, 0.15) is 17.5 Å². The number of methoxy groups -OCH3 is 1. The fourth-order valence-corrected chi connectivity index (χ4v) is 3.38. The van der Waals surface area contributed by atoms with Crippen molar-refractivity contribution >= 4 is 5.82 Å². The number of ether oxygens (including phenoxy) is 1. The summed E-state index contributed by atoms with van der Waals surface area (Å²) in [6, 6.07) is 8.97. The second-order valence-corrected chi connectivity index (χ2v) is 8.04. The highest BCUT2D eigenvalue weighted by Gasteiger charge is 2.24. The number of hydrogen-bond donors (Lipinski definition) is 0. The van der Waals surface area contributed by atoms with Crippen molar-refractivity contribution in [1.82, 2.24) is 9.97 Å². The summed E-state index contributed by atoms with van der Waals surface area (Å²) >= 11 is 0. The zero-order valence-corrected chi connectivity index (χ0v) is 16.1. The summed E-state index contributed by atoms with van der Waals surface area (Å²) in [4.78, 5) is 11.8. The molecule has 1 aromatic carbocycles. The Balaban J connectivity index is 1.76. The zero-order valence-electron chi connectivity index (χ0n) is 16.1. The lowest BCUT2D eigenvalue weighted by atomic mass is 9.89. The number of rotatable bonds is 4. The molecule has 1 fully saturated rings. The highest BCUT2D eigenvalue weighted by atomic mass is 19.1. The first-order chi connectivity index (χ1) is 12.4. The third kappa shape index (κ3) is 4.39. The van der Waals surface area contributed by atoms with Crippen LogP contribution in [-0.2, 0) is 16.8 Å². The van der Waals surface area contributed by atoms with E-state index in [9.17, 15) is 4.39 Å². The van der Waals surface area contributed by atoms with Crippen LogP contribution < -0.4 is 4.90 Å². The fraction of sp³-hybridized carbons (Fsp3) is 0.524. The van der Waals surface area contributed by atoms with Gasteiger partial charge in [0.25, 0.3) is 0 Å². The molecule has 0 N–H and O–H groups in total. The van der Waals surface area contributed by atoms with Gasteiger partial charge in [-0.1, -0.05) is 32.9 Å². The van der Waals surface area contributed by atoms with Gasteiger partial charge in [-0.15, -0.1) is 0 Å². The Bertz CT molecular complexity index is 732. The molecular weight excluding hydrogens is 329 g/mol. The molecule has 0 unspecified atom stereocenters. The average Bonchev–Trinajstić information content (AvgIpc) is 2.62. The molecule has 26 heavy (non-hydrogen) atoms. The first-order valence-corrected chi connectivity index (χ1v) is 9.24. The molecule has 5 heteroatoms. The van der Waals surface area contributed by atoms with Gasteiger partial charge in [0.05, 0.1) is 12.3 Å². The van der Waals surface area contributed by atoms with Crippen LogP contribution in [0.4, 0.5) is 10.2 Å². The van der Waals surface area contributed by atoms with Crippen molar-refractivity contribution in [2.75, 3.05) is 25.1 Å². The summed E-state index contributed by atoms with van der Waals surface area (Å²) < 4.78 is 18.4. The standard InChI is InChI=1S/C21H28FN3O/c1-21(2,3)20-23-18(14-26-4)13-19(24-20)25-11-9-16(10-12-25)15-5-7-17(22)8-6-15/h5-8,13,16H,9-12,14H2,1-4H3. The monoisotopic (exact) mass is 357 g/mol. The van der Waals surface area contributed by atoms with Crippen molar-refractivity contribution in [2.24, 2.45) is 0 Å². The quantitative estimate of drug-likeness (QED) is 0.811. The van der Waals surface area contributed by atoms with Crippen LogP contribution in [0.3, 0.4) is 0 Å². The maximum Gasteiger partial charge on any atom is 0.136 e. The molecule has 1 aliphatic rings. The summed E-state index contributed by atoms with van der Waals surface area (Å²) in [5.41, 5.74) is 2.04. The van der Waals surface area contributed by atoms with Crippen molar-refractivity contribution in [1.29, 1.82) is 0 Å². The molecule has 0 spiro atoms. The van der Waals surface area contributed by atoms with E-state index in [4.69, 9.17) is 9.72 Å². The van der Waals surface area contributed by atoms with Crippen LogP contribution in [0.25, 0.3) is 0 Å². The van der Waals surface area contributed by atoms with E-state index < -0.39 is 0 Å². The predicted molar refractivity (Wildman–Crippen MR) is 102 cm³/mol. The Morgan fingerprint density at radius 2 is 1.77 bits per heavy atom. The van der Waals surface area contributed by atoms with Crippen molar-refractivity contribution < 1.29 is 9.13 Å². The molecule has 1 aliphatic heterocycles. The molecule has 1 aromatic heterocycles. The maximum absolute atomic E-state index is 13.1. The van der Waals surface area contributed by atoms with Gasteiger partial charge in [-0.2, -0.15) is 0 Å². The second-order valence-electron chi connectivity index (χ2n) is 8.04. The van der Waals surface area contributed by atoms with Crippen LogP contribution in [0, 0.1) is 5.82 Å². The third-order valence-corrected chi connectivity index (χ3v) is 4.89. The van der Waals surface area contributed by atoms with Gasteiger partial charge in [-0.25, -0.2) is 14.4 Å². The molecule has 4 nitrogen and oxygen atoms in total. The summed E-state index contributed by atoms with van der Waals surface area (Å²) in [7, 11) is 1.69. The molecule has 0 saturated carbocycles. The molecule has 3 rings (SSSR count). The van der Waals surface area contributed by atoms with E-state index in [2.05, 4.69) is 30.7 Å². The predicted octanol–water partition coefficient (Wildman–Crippen LogP) is 4.44. The van der Waals surface area contributed by atoms with Crippen molar-refractivity contribution in [2.45, 2.75) is 51.6 Å². The molecule has 2 aromatic rings. The van der Waals surface area contributed by atoms with Crippen LogP contribution in [-0.4, -0.2) is 30.2 Å². The van der Waals surface area contributed by atoms with E-state index in [1.165, 1.54) is 5.56 Å². The summed E-state index contributed by atoms with van der Waals surface area (Å²) in [5, 5.41) is 0. The number of piperidine rings is 1. The molecule has 0 bridgehead atoms. The zero-order chi connectivity index (χ0) is 18.7. The second kappa shape index (κ2) is 7.70. The SMILES string of the molecule is COCc1cc(N2CCC(c3ccc(F)cc3)CC2)nc(C(C)(C)C)n1. The molecular formula is C21H28FN3O. The van der Waals surface area contributed by atoms with Gasteiger partial charge in [0.15, 0.2) is 0 Å². The molecule has 0 aliphatic carbocycles. The highest BCUT2D eigenvalue weighted by Crippen LogP contribution is 2.31. The Morgan fingerprint density at radius 1 is 1.12 bits per heavy atom. The van der Waals surface area contributed by atoms with Crippen LogP contribution in [0.2, 0.25) is 0 Å². The van der Waals surface area contributed by atoms with Crippen molar-refractivity contribution in [3.63, 3.8) is 0 Å². The van der Waals surface area contributed by atoms with Gasteiger partial charge < -0.3 is 9.64 Å². The lowest BCUT2D eigenvalue weighted by Crippen LogP contribution is -2.34. The lowest BCUT2D eigenvalue weighted by Gasteiger charge is -2.34. The highest BCUT2D eigenvalue weighted by molar-refractivity contribution is 5.41. The Hall–Kier alpha value is -2.01. The van der Waals surface area contributed by atoms with Crippen molar-refractivity contribution in [3.8, 4) is 0 Å². The van der Waals surface area contributed by atoms with Gasteiger partial charge in [0, 0.05) is 31.7 Å². The van der Waals surface area contributed by atoms with Gasteiger partial charge in [-0.05, 0) is 36.5 Å². The van der Waals surface area contributed by atoms with E-state index >= 15 is 0 Å². The average molecular weight is 357 g/mol. The largest absolute Gasteiger partial charge is 0.378 e. The molecule has 140 valence electrons. The molecule has 1 saturated heterocycles. The van der Waals surface area contributed by atoms with Crippen molar-refractivity contribution in [3.05, 3.63) is 53.2 Å². The van der Waals surface area contributed by atoms with Crippen LogP contribution in [0.15, 0.2) is 30.3 Å². The van der Waals surface area contributed by atoms with E-state index in [0.717, 1.165) is 43.3 Å². The number of anilines is 1. The summed E-state index contributed by atoms with van der Waals surface area (Å²) in [6.07, 6.45) is 2.08.